The van der Waals surface area contributed by atoms with Crippen LogP contribution in [0.4, 0.5) is 0 Å². The van der Waals surface area contributed by atoms with E-state index in [0.29, 0.717) is 28.2 Å². The van der Waals surface area contributed by atoms with Crippen LogP contribution in [0.3, 0.4) is 0 Å². The van der Waals surface area contributed by atoms with Crippen LogP contribution in [0.25, 0.3) is 0 Å². The molecule has 0 fully saturated rings. The first kappa shape index (κ1) is 14.4. The molecule has 0 N–H and O–H groups in total. The zero-order valence-corrected chi connectivity index (χ0v) is 12.3. The molecule has 0 saturated carbocycles. The predicted octanol–water partition coefficient (Wildman–Crippen LogP) is 3.03. The van der Waals surface area contributed by atoms with Crippen molar-refractivity contribution < 1.29 is 14.2 Å². The lowest BCUT2D eigenvalue weighted by Gasteiger charge is -2.13. The van der Waals surface area contributed by atoms with Crippen LogP contribution >= 0.6 is 11.6 Å². The summed E-state index contributed by atoms with van der Waals surface area (Å²) < 4.78 is 16.2. The number of methoxy groups -OCH3 is 2. The van der Waals surface area contributed by atoms with E-state index in [2.05, 4.69) is 9.97 Å². The Kier molecular flexibility index (Phi) is 4.63. The van der Waals surface area contributed by atoms with Crippen molar-refractivity contribution in [3.63, 3.8) is 0 Å². The van der Waals surface area contributed by atoms with Crippen LogP contribution in [-0.2, 0) is 6.61 Å². The zero-order chi connectivity index (χ0) is 14.5. The number of ether oxygens (including phenoxy) is 3. The van der Waals surface area contributed by atoms with E-state index < -0.39 is 0 Å². The average molecular weight is 295 g/mol. The number of hydrogen-bond acceptors (Lipinski definition) is 5. The van der Waals surface area contributed by atoms with E-state index in [1.165, 1.54) is 0 Å². The summed E-state index contributed by atoms with van der Waals surface area (Å²) in [6, 6.07) is 7.10. The Bertz CT molecular complexity index is 562. The molecular formula is C14H15ClN2O3. The van der Waals surface area contributed by atoms with Gasteiger partial charge in [0.2, 0.25) is 5.75 Å². The molecule has 0 spiro atoms. The van der Waals surface area contributed by atoms with Gasteiger partial charge in [-0.25, -0.2) is 9.97 Å². The van der Waals surface area contributed by atoms with E-state index >= 15 is 0 Å². The fourth-order valence-electron chi connectivity index (χ4n) is 1.75. The summed E-state index contributed by atoms with van der Waals surface area (Å²) >= 11 is 5.89. The third kappa shape index (κ3) is 3.30. The first-order chi connectivity index (χ1) is 9.63. The van der Waals surface area contributed by atoms with Crippen molar-refractivity contribution in [3.8, 4) is 17.2 Å². The molecule has 0 amide bonds. The lowest BCUT2D eigenvalue weighted by molar-refractivity contribution is 0.259. The zero-order valence-electron chi connectivity index (χ0n) is 11.5. The van der Waals surface area contributed by atoms with Gasteiger partial charge in [0.15, 0.2) is 17.3 Å². The highest BCUT2D eigenvalue weighted by Crippen LogP contribution is 2.37. The standard InChI is InChI=1S/C14H15ClN2O3/c1-9-7-12(15)17-13(16-9)8-20-14-10(18-2)5-4-6-11(14)19-3/h4-7H,8H2,1-3H3. The number of benzene rings is 1. The van der Waals surface area contributed by atoms with Gasteiger partial charge in [0.05, 0.1) is 14.2 Å². The first-order valence-corrected chi connectivity index (χ1v) is 6.35. The fourth-order valence-corrected chi connectivity index (χ4v) is 2.00. The normalized spacial score (nSPS) is 10.2. The number of aromatic nitrogens is 2. The van der Waals surface area contributed by atoms with Gasteiger partial charge in [-0.3, -0.25) is 0 Å². The molecule has 0 bridgehead atoms. The van der Waals surface area contributed by atoms with Crippen molar-refractivity contribution in [2.75, 3.05) is 14.2 Å². The molecule has 0 radical (unpaired) electrons. The van der Waals surface area contributed by atoms with Crippen LogP contribution in [0.15, 0.2) is 24.3 Å². The smallest absolute Gasteiger partial charge is 0.203 e. The van der Waals surface area contributed by atoms with Crippen molar-refractivity contribution in [2.45, 2.75) is 13.5 Å². The number of hydrogen-bond donors (Lipinski definition) is 0. The third-order valence-electron chi connectivity index (χ3n) is 2.60. The van der Waals surface area contributed by atoms with E-state index in [-0.39, 0.29) is 6.61 Å². The van der Waals surface area contributed by atoms with Gasteiger partial charge in [-0.2, -0.15) is 0 Å². The van der Waals surface area contributed by atoms with Crippen LogP contribution in [0.5, 0.6) is 17.2 Å². The summed E-state index contributed by atoms with van der Waals surface area (Å²) in [5.74, 6) is 2.19. The van der Waals surface area contributed by atoms with E-state index in [4.69, 9.17) is 25.8 Å². The molecule has 0 atom stereocenters. The minimum absolute atomic E-state index is 0.179. The molecule has 2 rings (SSSR count). The van der Waals surface area contributed by atoms with Gasteiger partial charge in [0.25, 0.3) is 0 Å². The Morgan fingerprint density at radius 3 is 2.30 bits per heavy atom. The molecule has 20 heavy (non-hydrogen) atoms. The highest BCUT2D eigenvalue weighted by Gasteiger charge is 2.12. The van der Waals surface area contributed by atoms with Crippen LogP contribution in [0.2, 0.25) is 5.15 Å². The fraction of sp³-hybridized carbons (Fsp3) is 0.286. The van der Waals surface area contributed by atoms with Gasteiger partial charge < -0.3 is 14.2 Å². The SMILES string of the molecule is COc1cccc(OC)c1OCc1nc(C)cc(Cl)n1. The van der Waals surface area contributed by atoms with Gasteiger partial charge in [-0.05, 0) is 25.1 Å². The molecule has 2 aromatic rings. The summed E-state index contributed by atoms with van der Waals surface area (Å²) in [7, 11) is 3.14. The Morgan fingerprint density at radius 1 is 1.10 bits per heavy atom. The first-order valence-electron chi connectivity index (χ1n) is 5.98. The molecule has 5 nitrogen and oxygen atoms in total. The highest BCUT2D eigenvalue weighted by molar-refractivity contribution is 6.29. The summed E-state index contributed by atoms with van der Waals surface area (Å²) in [4.78, 5) is 8.37. The molecule has 0 aliphatic carbocycles. The average Bonchev–Trinajstić information content (AvgIpc) is 2.43. The summed E-state index contributed by atoms with van der Waals surface area (Å²) in [5.41, 5.74) is 0.788. The number of para-hydroxylation sites is 1. The van der Waals surface area contributed by atoms with Crippen molar-refractivity contribution >= 4 is 11.6 Å². The maximum Gasteiger partial charge on any atom is 0.203 e. The second kappa shape index (κ2) is 6.43. The summed E-state index contributed by atoms with van der Waals surface area (Å²) in [6.45, 7) is 2.03. The molecule has 1 aromatic heterocycles. The maximum atomic E-state index is 5.89. The van der Waals surface area contributed by atoms with Crippen LogP contribution < -0.4 is 14.2 Å². The Hall–Kier alpha value is -2.01. The van der Waals surface area contributed by atoms with Gasteiger partial charge in [-0.1, -0.05) is 17.7 Å². The lowest BCUT2D eigenvalue weighted by atomic mass is 10.3. The Balaban J connectivity index is 2.22. The van der Waals surface area contributed by atoms with Crippen LogP contribution in [-0.4, -0.2) is 24.2 Å². The number of rotatable bonds is 5. The van der Waals surface area contributed by atoms with Gasteiger partial charge in [0, 0.05) is 5.69 Å². The Morgan fingerprint density at radius 2 is 1.75 bits per heavy atom. The second-order valence-corrected chi connectivity index (χ2v) is 4.42. The molecule has 106 valence electrons. The summed E-state index contributed by atoms with van der Waals surface area (Å²) in [5, 5.41) is 0.392. The molecule has 0 aliphatic heterocycles. The number of nitrogens with zero attached hydrogens (tertiary/aromatic N) is 2. The Labute approximate surface area is 122 Å². The van der Waals surface area contributed by atoms with Crippen molar-refractivity contribution in [3.05, 3.63) is 40.9 Å². The van der Waals surface area contributed by atoms with Crippen molar-refractivity contribution in [1.82, 2.24) is 9.97 Å². The molecule has 0 saturated heterocycles. The monoisotopic (exact) mass is 294 g/mol. The number of aryl methyl sites for hydroxylation is 1. The summed E-state index contributed by atoms with van der Waals surface area (Å²) in [6.07, 6.45) is 0. The van der Waals surface area contributed by atoms with Gasteiger partial charge in [0.1, 0.15) is 11.8 Å². The van der Waals surface area contributed by atoms with Crippen molar-refractivity contribution in [1.29, 1.82) is 0 Å². The third-order valence-corrected chi connectivity index (χ3v) is 2.79. The minimum atomic E-state index is 0.179. The second-order valence-electron chi connectivity index (χ2n) is 4.03. The van der Waals surface area contributed by atoms with E-state index in [1.54, 1.807) is 32.4 Å². The van der Waals surface area contributed by atoms with Gasteiger partial charge in [-0.15, -0.1) is 0 Å². The number of halogens is 1. The van der Waals surface area contributed by atoms with Crippen molar-refractivity contribution in [2.24, 2.45) is 0 Å². The van der Waals surface area contributed by atoms with Gasteiger partial charge >= 0.3 is 0 Å². The molecule has 0 aliphatic rings. The molecule has 0 unspecified atom stereocenters. The van der Waals surface area contributed by atoms with Crippen LogP contribution in [0.1, 0.15) is 11.5 Å². The molecule has 6 heteroatoms. The van der Waals surface area contributed by atoms with E-state index in [1.807, 2.05) is 13.0 Å². The minimum Gasteiger partial charge on any atom is -0.493 e. The van der Waals surface area contributed by atoms with E-state index in [0.717, 1.165) is 5.69 Å². The molecular weight excluding hydrogens is 280 g/mol. The topological polar surface area (TPSA) is 53.5 Å². The predicted molar refractivity (Wildman–Crippen MR) is 75.7 cm³/mol. The van der Waals surface area contributed by atoms with Crippen LogP contribution in [0, 0.1) is 6.92 Å². The molecule has 1 aromatic carbocycles. The lowest BCUT2D eigenvalue weighted by Crippen LogP contribution is -2.04. The molecule has 1 heterocycles. The van der Waals surface area contributed by atoms with E-state index in [9.17, 15) is 0 Å². The maximum absolute atomic E-state index is 5.89. The quantitative estimate of drug-likeness (QED) is 0.793. The largest absolute Gasteiger partial charge is 0.493 e. The highest BCUT2D eigenvalue weighted by atomic mass is 35.5.